The fraction of sp³-hybridized carbons (Fsp3) is 0.562. The van der Waals surface area contributed by atoms with Crippen LogP contribution in [0, 0.1) is 34.8 Å². The Morgan fingerprint density at radius 1 is 1.07 bits per heavy atom. The summed E-state index contributed by atoms with van der Waals surface area (Å²) in [5.41, 5.74) is 8.61. The van der Waals surface area contributed by atoms with Crippen LogP contribution < -0.4 is 11.1 Å². The Bertz CT molecular complexity index is 1180. The smallest absolute Gasteiger partial charge is 0.269 e. The zero-order valence-electron chi connectivity index (χ0n) is 24.6. The first kappa shape index (κ1) is 30.7. The molecule has 4 unspecified atom stereocenters. The minimum absolute atomic E-state index is 0.0194. The number of likely N-dealkylation sites (tertiary alicyclic amines) is 1. The van der Waals surface area contributed by atoms with Gasteiger partial charge in [-0.05, 0) is 74.6 Å². The van der Waals surface area contributed by atoms with Crippen LogP contribution in [0.1, 0.15) is 67.4 Å². The number of aryl methyl sites for hydroxylation is 1. The number of nitrogens with one attached hydrogen (secondary N) is 1. The maximum atomic E-state index is 13.8. The zero-order chi connectivity index (χ0) is 29.5. The molecule has 4 rings (SSSR count). The number of benzene rings is 2. The number of carbonyl (C=O) groups excluding carboxylic acids is 2. The van der Waals surface area contributed by atoms with E-state index in [4.69, 9.17) is 5.73 Å². The molecule has 9 nitrogen and oxygen atoms in total. The van der Waals surface area contributed by atoms with E-state index in [-0.39, 0.29) is 23.5 Å². The van der Waals surface area contributed by atoms with Crippen molar-refractivity contribution in [1.82, 2.24) is 15.1 Å². The van der Waals surface area contributed by atoms with Crippen LogP contribution in [0.4, 0.5) is 5.69 Å². The molecule has 41 heavy (non-hydrogen) atoms. The number of hydrogen-bond acceptors (Lipinski definition) is 6. The molecule has 3 N–H and O–H groups in total. The Hall–Kier alpha value is -3.30. The predicted octanol–water partition coefficient (Wildman–Crippen LogP) is 4.53. The maximum Gasteiger partial charge on any atom is 0.269 e. The fourth-order valence-electron chi connectivity index (χ4n) is 6.35. The van der Waals surface area contributed by atoms with Gasteiger partial charge in [0.1, 0.15) is 6.04 Å². The van der Waals surface area contributed by atoms with E-state index in [0.717, 1.165) is 43.4 Å². The third-order valence-corrected chi connectivity index (χ3v) is 8.58. The summed E-state index contributed by atoms with van der Waals surface area (Å²) in [7, 11) is 0. The van der Waals surface area contributed by atoms with E-state index in [1.807, 2.05) is 31.2 Å². The molecule has 1 aliphatic carbocycles. The molecule has 2 aromatic rings. The van der Waals surface area contributed by atoms with Gasteiger partial charge >= 0.3 is 0 Å². The van der Waals surface area contributed by atoms with Gasteiger partial charge < -0.3 is 16.0 Å². The van der Waals surface area contributed by atoms with Crippen LogP contribution in [0.25, 0.3) is 0 Å². The van der Waals surface area contributed by atoms with Gasteiger partial charge in [0.15, 0.2) is 0 Å². The summed E-state index contributed by atoms with van der Waals surface area (Å²) in [6.07, 6.45) is 4.96. The number of carbonyl (C=O) groups is 2. The van der Waals surface area contributed by atoms with Gasteiger partial charge in [-0.2, -0.15) is 0 Å². The van der Waals surface area contributed by atoms with Crippen LogP contribution in [0.2, 0.25) is 0 Å². The maximum absolute atomic E-state index is 13.8. The Balaban J connectivity index is 1.53. The second kappa shape index (κ2) is 14.0. The topological polar surface area (TPSA) is 122 Å². The average molecular weight is 564 g/mol. The largest absolute Gasteiger partial charge is 0.354 e. The predicted molar refractivity (Wildman–Crippen MR) is 160 cm³/mol. The van der Waals surface area contributed by atoms with Crippen LogP contribution in [0.15, 0.2) is 48.5 Å². The van der Waals surface area contributed by atoms with Crippen molar-refractivity contribution in [2.45, 2.75) is 71.5 Å². The van der Waals surface area contributed by atoms with Crippen LogP contribution >= 0.6 is 0 Å². The fourth-order valence-corrected chi connectivity index (χ4v) is 6.35. The summed E-state index contributed by atoms with van der Waals surface area (Å²) >= 11 is 0. The van der Waals surface area contributed by atoms with Crippen LogP contribution in [0.3, 0.4) is 0 Å². The third kappa shape index (κ3) is 8.14. The standard InChI is InChI=1S/C32H45N5O4/c1-22(2)19-35(20-24-9-13-28(14-10-24)37(40)41)29-16-30(31(38)34-18-26-6-4-5-25(15-26)17-33)36(21-29)32(39)27-11-7-23(3)8-12-27/h7-14,22,25-26,29-30H,4-6,15-21,33H2,1-3H3,(H,34,38). The summed E-state index contributed by atoms with van der Waals surface area (Å²) in [5.74, 6) is 1.07. The SMILES string of the molecule is Cc1ccc(C(=O)N2CC(N(Cc3ccc([N+](=O)[O-])cc3)CC(C)C)CC2C(=O)NCC2CCCC(CN)C2)cc1. The van der Waals surface area contributed by atoms with Crippen LogP contribution in [-0.4, -0.2) is 64.8 Å². The molecule has 9 heteroatoms. The van der Waals surface area contributed by atoms with Crippen molar-refractivity contribution in [2.75, 3.05) is 26.2 Å². The normalized spacial score (nSPS) is 22.7. The van der Waals surface area contributed by atoms with Crippen molar-refractivity contribution in [3.8, 4) is 0 Å². The number of amides is 2. The molecule has 2 amide bonds. The van der Waals surface area contributed by atoms with Gasteiger partial charge in [-0.1, -0.05) is 50.1 Å². The lowest BCUT2D eigenvalue weighted by molar-refractivity contribution is -0.384. The molecular formula is C32H45N5O4. The molecule has 1 saturated heterocycles. The van der Waals surface area contributed by atoms with Crippen molar-refractivity contribution >= 4 is 17.5 Å². The Labute approximate surface area is 243 Å². The highest BCUT2D eigenvalue weighted by Crippen LogP contribution is 2.30. The highest BCUT2D eigenvalue weighted by atomic mass is 16.6. The van der Waals surface area contributed by atoms with Gasteiger partial charge in [0.05, 0.1) is 4.92 Å². The minimum Gasteiger partial charge on any atom is -0.354 e. The Kier molecular flexibility index (Phi) is 10.5. The van der Waals surface area contributed by atoms with E-state index < -0.39 is 11.0 Å². The Morgan fingerprint density at radius 3 is 2.39 bits per heavy atom. The van der Waals surface area contributed by atoms with E-state index in [1.54, 1.807) is 17.0 Å². The van der Waals surface area contributed by atoms with Crippen LogP contribution in [-0.2, 0) is 11.3 Å². The molecular weight excluding hydrogens is 518 g/mol. The molecule has 4 atom stereocenters. The molecule has 0 spiro atoms. The first-order valence-corrected chi connectivity index (χ1v) is 15.0. The molecule has 0 aromatic heterocycles. The number of nitrogens with two attached hydrogens (primary N) is 1. The summed E-state index contributed by atoms with van der Waals surface area (Å²) in [5, 5.41) is 14.3. The second-order valence-electron chi connectivity index (χ2n) is 12.4. The van der Waals surface area contributed by atoms with Crippen molar-refractivity contribution in [2.24, 2.45) is 23.5 Å². The molecule has 0 bridgehead atoms. The lowest BCUT2D eigenvalue weighted by Crippen LogP contribution is -2.47. The van der Waals surface area contributed by atoms with Crippen molar-refractivity contribution in [1.29, 1.82) is 0 Å². The summed E-state index contributed by atoms with van der Waals surface area (Å²) in [4.78, 5) is 42.2. The number of nitro groups is 1. The van der Waals surface area contributed by atoms with Crippen molar-refractivity contribution < 1.29 is 14.5 Å². The first-order chi connectivity index (χ1) is 19.6. The van der Waals surface area contributed by atoms with Gasteiger partial charge in [-0.3, -0.25) is 24.6 Å². The summed E-state index contributed by atoms with van der Waals surface area (Å²) in [6, 6.07) is 13.6. The van der Waals surface area contributed by atoms with E-state index in [2.05, 4.69) is 24.1 Å². The van der Waals surface area contributed by atoms with E-state index in [0.29, 0.717) is 55.9 Å². The molecule has 1 aliphatic heterocycles. The van der Waals surface area contributed by atoms with Gasteiger partial charge in [-0.25, -0.2) is 0 Å². The molecule has 1 heterocycles. The van der Waals surface area contributed by atoms with Gasteiger partial charge in [0, 0.05) is 49.9 Å². The minimum atomic E-state index is -0.561. The molecule has 1 saturated carbocycles. The quantitative estimate of drug-likeness (QED) is 0.306. The summed E-state index contributed by atoms with van der Waals surface area (Å²) < 4.78 is 0. The lowest BCUT2D eigenvalue weighted by Gasteiger charge is -2.30. The first-order valence-electron chi connectivity index (χ1n) is 15.0. The number of nitro benzene ring substituents is 1. The molecule has 222 valence electrons. The van der Waals surface area contributed by atoms with Crippen LogP contribution in [0.5, 0.6) is 0 Å². The van der Waals surface area contributed by atoms with Crippen molar-refractivity contribution in [3.63, 3.8) is 0 Å². The molecule has 2 aliphatic rings. The molecule has 0 radical (unpaired) electrons. The highest BCUT2D eigenvalue weighted by molar-refractivity contribution is 5.98. The van der Waals surface area contributed by atoms with E-state index in [9.17, 15) is 19.7 Å². The Morgan fingerprint density at radius 2 is 1.76 bits per heavy atom. The third-order valence-electron chi connectivity index (χ3n) is 8.58. The van der Waals surface area contributed by atoms with Gasteiger partial charge in [-0.15, -0.1) is 0 Å². The summed E-state index contributed by atoms with van der Waals surface area (Å²) in [6.45, 7) is 9.40. The molecule has 2 fully saturated rings. The van der Waals surface area contributed by atoms with Gasteiger partial charge in [0.2, 0.25) is 5.91 Å². The average Bonchev–Trinajstić information content (AvgIpc) is 3.41. The zero-order valence-corrected chi connectivity index (χ0v) is 24.6. The molecule has 2 aromatic carbocycles. The highest BCUT2D eigenvalue weighted by Gasteiger charge is 2.42. The van der Waals surface area contributed by atoms with E-state index in [1.165, 1.54) is 12.1 Å². The van der Waals surface area contributed by atoms with Crippen molar-refractivity contribution in [3.05, 3.63) is 75.3 Å². The van der Waals surface area contributed by atoms with E-state index >= 15 is 0 Å². The van der Waals surface area contributed by atoms with Gasteiger partial charge in [0.25, 0.3) is 11.6 Å². The number of nitrogens with zero attached hydrogens (tertiary/aromatic N) is 3. The second-order valence-corrected chi connectivity index (χ2v) is 12.4. The lowest BCUT2D eigenvalue weighted by atomic mass is 9.81. The monoisotopic (exact) mass is 563 g/mol. The number of hydrogen-bond donors (Lipinski definition) is 2. The number of rotatable bonds is 11. The number of non-ortho nitro benzene ring substituents is 1.